The molecule has 2 unspecified atom stereocenters. The van der Waals surface area contributed by atoms with E-state index in [1.807, 2.05) is 6.07 Å². The first kappa shape index (κ1) is 12.0. The minimum atomic E-state index is -0.434. The van der Waals surface area contributed by atoms with Crippen molar-refractivity contribution in [2.45, 2.75) is 31.4 Å². The van der Waals surface area contributed by atoms with Crippen molar-refractivity contribution in [3.8, 4) is 0 Å². The Kier molecular flexibility index (Phi) is 3.95. The summed E-state index contributed by atoms with van der Waals surface area (Å²) in [5, 5.41) is 13.2. The van der Waals surface area contributed by atoms with Crippen LogP contribution in [-0.4, -0.2) is 23.8 Å². The number of aliphatic hydroxyl groups is 1. The molecule has 4 heteroatoms. The summed E-state index contributed by atoms with van der Waals surface area (Å²) in [6, 6.07) is 4.90. The van der Waals surface area contributed by atoms with E-state index in [4.69, 9.17) is 0 Å². The smallest absolute Gasteiger partial charge is 0.124 e. The van der Waals surface area contributed by atoms with Crippen LogP contribution in [0, 0.1) is 5.82 Å². The molecule has 1 aromatic rings. The molecule has 0 aliphatic carbocycles. The fourth-order valence-electron chi connectivity index (χ4n) is 2.15. The van der Waals surface area contributed by atoms with Crippen LogP contribution in [0.2, 0.25) is 0 Å². The highest BCUT2D eigenvalue weighted by atomic mass is 79.9. The van der Waals surface area contributed by atoms with Gasteiger partial charge in [-0.25, -0.2) is 4.39 Å². The monoisotopic (exact) mass is 287 g/mol. The molecule has 0 aromatic heterocycles. The van der Waals surface area contributed by atoms with Gasteiger partial charge in [-0.05, 0) is 43.1 Å². The van der Waals surface area contributed by atoms with Gasteiger partial charge in [-0.15, -0.1) is 0 Å². The van der Waals surface area contributed by atoms with Crippen molar-refractivity contribution in [1.29, 1.82) is 0 Å². The first-order valence-corrected chi connectivity index (χ1v) is 6.31. The van der Waals surface area contributed by atoms with Crippen molar-refractivity contribution >= 4 is 15.9 Å². The second-order valence-electron chi connectivity index (χ2n) is 4.25. The Bertz CT molecular complexity index is 346. The van der Waals surface area contributed by atoms with Gasteiger partial charge in [0.1, 0.15) is 5.82 Å². The third-order valence-electron chi connectivity index (χ3n) is 2.93. The minimum Gasteiger partial charge on any atom is -0.391 e. The van der Waals surface area contributed by atoms with Gasteiger partial charge in [-0.1, -0.05) is 15.9 Å². The summed E-state index contributed by atoms with van der Waals surface area (Å²) in [5.41, 5.74) is 0.827. The summed E-state index contributed by atoms with van der Waals surface area (Å²) < 4.78 is 13.8. The molecule has 2 N–H and O–H groups in total. The highest BCUT2D eigenvalue weighted by molar-refractivity contribution is 9.10. The number of hydrogen-bond donors (Lipinski definition) is 2. The lowest BCUT2D eigenvalue weighted by molar-refractivity contribution is 0.136. The lowest BCUT2D eigenvalue weighted by atomic mass is 10.0. The third kappa shape index (κ3) is 3.03. The van der Waals surface area contributed by atoms with Crippen molar-refractivity contribution in [1.82, 2.24) is 5.32 Å². The zero-order valence-electron chi connectivity index (χ0n) is 8.92. The number of benzene rings is 1. The highest BCUT2D eigenvalue weighted by Gasteiger charge is 2.22. The zero-order valence-corrected chi connectivity index (χ0v) is 10.5. The Morgan fingerprint density at radius 1 is 1.50 bits per heavy atom. The number of rotatable bonds is 3. The maximum absolute atomic E-state index is 13.1. The second kappa shape index (κ2) is 5.25. The highest BCUT2D eigenvalue weighted by Crippen LogP contribution is 2.18. The van der Waals surface area contributed by atoms with Gasteiger partial charge in [0.2, 0.25) is 0 Å². The zero-order chi connectivity index (χ0) is 11.5. The van der Waals surface area contributed by atoms with E-state index in [-0.39, 0.29) is 11.9 Å². The first-order chi connectivity index (χ1) is 7.65. The lowest BCUT2D eigenvalue weighted by Crippen LogP contribution is -2.36. The van der Waals surface area contributed by atoms with Gasteiger partial charge in [0, 0.05) is 16.9 Å². The van der Waals surface area contributed by atoms with Gasteiger partial charge in [-0.3, -0.25) is 0 Å². The summed E-state index contributed by atoms with van der Waals surface area (Å²) in [6.07, 6.45) is 2.16. The van der Waals surface area contributed by atoms with Crippen LogP contribution in [0.15, 0.2) is 22.7 Å². The predicted molar refractivity (Wildman–Crippen MR) is 64.8 cm³/mol. The lowest BCUT2D eigenvalue weighted by Gasteiger charge is -2.18. The largest absolute Gasteiger partial charge is 0.391 e. The molecular formula is C12H15BrFNO. The van der Waals surface area contributed by atoms with E-state index in [0.717, 1.165) is 24.9 Å². The molecule has 88 valence electrons. The Morgan fingerprint density at radius 2 is 2.31 bits per heavy atom. The Morgan fingerprint density at radius 3 is 2.94 bits per heavy atom. The summed E-state index contributed by atoms with van der Waals surface area (Å²) >= 11 is 3.25. The standard InChI is InChI=1S/C12H15BrFNO/c13-9-4-8(5-10(14)7-9)6-12(16)11-2-1-3-15-11/h4-5,7,11-12,15-16H,1-3,6H2. The minimum absolute atomic E-state index is 0.155. The summed E-state index contributed by atoms with van der Waals surface area (Å²) in [4.78, 5) is 0. The third-order valence-corrected chi connectivity index (χ3v) is 3.39. The molecule has 2 rings (SSSR count). The summed E-state index contributed by atoms with van der Waals surface area (Å²) in [5.74, 6) is -0.268. The molecule has 1 aliphatic heterocycles. The predicted octanol–water partition coefficient (Wildman–Crippen LogP) is 2.24. The van der Waals surface area contributed by atoms with Crippen molar-refractivity contribution in [3.05, 3.63) is 34.1 Å². The number of hydrogen-bond acceptors (Lipinski definition) is 2. The van der Waals surface area contributed by atoms with Crippen LogP contribution in [0.5, 0.6) is 0 Å². The molecule has 1 saturated heterocycles. The van der Waals surface area contributed by atoms with Gasteiger partial charge in [0.05, 0.1) is 6.10 Å². The van der Waals surface area contributed by atoms with E-state index in [0.29, 0.717) is 10.9 Å². The number of halogens is 2. The van der Waals surface area contributed by atoms with Crippen LogP contribution in [0.3, 0.4) is 0 Å². The molecule has 1 aromatic carbocycles. The number of aliphatic hydroxyl groups excluding tert-OH is 1. The second-order valence-corrected chi connectivity index (χ2v) is 5.17. The molecule has 0 spiro atoms. The normalized spacial score (nSPS) is 22.3. The Labute approximate surface area is 103 Å². The molecule has 0 radical (unpaired) electrons. The van der Waals surface area contributed by atoms with Gasteiger partial charge in [0.15, 0.2) is 0 Å². The van der Waals surface area contributed by atoms with Crippen LogP contribution in [-0.2, 0) is 6.42 Å². The van der Waals surface area contributed by atoms with Crippen LogP contribution in [0.4, 0.5) is 4.39 Å². The molecule has 0 bridgehead atoms. The quantitative estimate of drug-likeness (QED) is 0.894. The average molecular weight is 288 g/mol. The molecule has 1 fully saturated rings. The SMILES string of the molecule is OC(Cc1cc(F)cc(Br)c1)C1CCCN1. The topological polar surface area (TPSA) is 32.3 Å². The Hall–Kier alpha value is -0.450. The molecule has 1 aliphatic rings. The van der Waals surface area contributed by atoms with E-state index in [1.165, 1.54) is 12.1 Å². The molecule has 0 amide bonds. The Balaban J connectivity index is 2.02. The maximum atomic E-state index is 13.1. The van der Waals surface area contributed by atoms with Crippen molar-refractivity contribution in [3.63, 3.8) is 0 Å². The van der Waals surface area contributed by atoms with E-state index in [2.05, 4.69) is 21.2 Å². The van der Waals surface area contributed by atoms with Gasteiger partial charge in [0.25, 0.3) is 0 Å². The van der Waals surface area contributed by atoms with Crippen molar-refractivity contribution < 1.29 is 9.50 Å². The van der Waals surface area contributed by atoms with Crippen molar-refractivity contribution in [2.24, 2.45) is 0 Å². The first-order valence-electron chi connectivity index (χ1n) is 5.51. The van der Waals surface area contributed by atoms with E-state index in [9.17, 15) is 9.50 Å². The molecule has 16 heavy (non-hydrogen) atoms. The van der Waals surface area contributed by atoms with Crippen LogP contribution < -0.4 is 5.32 Å². The molecule has 2 nitrogen and oxygen atoms in total. The van der Waals surface area contributed by atoms with E-state index in [1.54, 1.807) is 0 Å². The van der Waals surface area contributed by atoms with Crippen LogP contribution >= 0.6 is 15.9 Å². The maximum Gasteiger partial charge on any atom is 0.124 e. The number of nitrogens with one attached hydrogen (secondary N) is 1. The molecule has 0 saturated carbocycles. The van der Waals surface area contributed by atoms with E-state index >= 15 is 0 Å². The molecule has 2 atom stereocenters. The van der Waals surface area contributed by atoms with Crippen LogP contribution in [0.25, 0.3) is 0 Å². The van der Waals surface area contributed by atoms with Crippen LogP contribution in [0.1, 0.15) is 18.4 Å². The summed E-state index contributed by atoms with van der Waals surface area (Å²) in [6.45, 7) is 0.967. The fourth-order valence-corrected chi connectivity index (χ4v) is 2.67. The average Bonchev–Trinajstić information content (AvgIpc) is 2.68. The molecule has 1 heterocycles. The van der Waals surface area contributed by atoms with Crippen molar-refractivity contribution in [2.75, 3.05) is 6.54 Å². The van der Waals surface area contributed by atoms with E-state index < -0.39 is 6.10 Å². The molecular weight excluding hydrogens is 273 g/mol. The van der Waals surface area contributed by atoms with Gasteiger partial charge in [-0.2, -0.15) is 0 Å². The van der Waals surface area contributed by atoms with Gasteiger partial charge < -0.3 is 10.4 Å². The summed E-state index contributed by atoms with van der Waals surface area (Å²) in [7, 11) is 0. The fraction of sp³-hybridized carbons (Fsp3) is 0.500. The van der Waals surface area contributed by atoms with Gasteiger partial charge >= 0.3 is 0 Å².